The summed E-state index contributed by atoms with van der Waals surface area (Å²) in [6, 6.07) is 10.8. The van der Waals surface area contributed by atoms with E-state index in [1.165, 1.54) is 0 Å². The second kappa shape index (κ2) is 6.07. The number of pyridine rings is 1. The Balaban J connectivity index is 2.25. The van der Waals surface area contributed by atoms with E-state index in [1.54, 1.807) is 23.1 Å². The molecule has 0 unspecified atom stereocenters. The number of fused-ring (bicyclic) bond motifs is 1. The monoisotopic (exact) mass is 333 g/mol. The molecule has 0 saturated carbocycles. The van der Waals surface area contributed by atoms with Crippen LogP contribution in [0.5, 0.6) is 0 Å². The Kier molecular flexibility index (Phi) is 4.14. The van der Waals surface area contributed by atoms with Gasteiger partial charge in [0, 0.05) is 12.1 Å². The minimum absolute atomic E-state index is 0.0579. The summed E-state index contributed by atoms with van der Waals surface area (Å²) in [5.74, 6) is -0.0741. The maximum Gasteiger partial charge on any atom is 0.248 e. The molecule has 0 spiro atoms. The van der Waals surface area contributed by atoms with E-state index in [0.717, 1.165) is 5.56 Å². The van der Waals surface area contributed by atoms with E-state index in [4.69, 9.17) is 23.2 Å². The van der Waals surface area contributed by atoms with Gasteiger partial charge in [-0.25, -0.2) is 4.98 Å². The molecule has 0 radical (unpaired) electrons. The Morgan fingerprint density at radius 3 is 2.68 bits per heavy atom. The molecule has 3 rings (SSSR count). The summed E-state index contributed by atoms with van der Waals surface area (Å²) in [5.41, 5.74) is 2.61. The van der Waals surface area contributed by atoms with Gasteiger partial charge in [0.2, 0.25) is 5.91 Å². The second-order valence-corrected chi connectivity index (χ2v) is 5.58. The van der Waals surface area contributed by atoms with Crippen molar-refractivity contribution in [2.24, 2.45) is 4.99 Å². The average molecular weight is 334 g/mol. The van der Waals surface area contributed by atoms with Gasteiger partial charge < -0.3 is 4.90 Å². The Bertz CT molecular complexity index is 774. The maximum atomic E-state index is 12.3. The molecule has 112 valence electrons. The van der Waals surface area contributed by atoms with Crippen molar-refractivity contribution in [3.63, 3.8) is 0 Å². The van der Waals surface area contributed by atoms with E-state index in [1.807, 2.05) is 25.1 Å². The number of carbonyl (C=O) groups excluding carboxylic acids is 1. The Labute approximate surface area is 138 Å². The van der Waals surface area contributed by atoms with Gasteiger partial charge in [-0.3, -0.25) is 9.79 Å². The molecular formula is C16H13Cl2N3O. The average Bonchev–Trinajstić information content (AvgIpc) is 2.64. The fourth-order valence-corrected chi connectivity index (χ4v) is 2.85. The molecule has 1 aliphatic heterocycles. The summed E-state index contributed by atoms with van der Waals surface area (Å²) >= 11 is 12.3. The van der Waals surface area contributed by atoms with Gasteiger partial charge in [-0.05, 0) is 25.1 Å². The van der Waals surface area contributed by atoms with Crippen molar-refractivity contribution in [3.8, 4) is 0 Å². The number of carbonyl (C=O) groups is 1. The molecule has 4 nitrogen and oxygen atoms in total. The quantitative estimate of drug-likeness (QED) is 0.788. The fraction of sp³-hybridized carbons (Fsp3) is 0.188. The topological polar surface area (TPSA) is 45.6 Å². The standard InChI is InChI=1S/C16H13Cl2N3O/c1-2-21-12-7-8-13(18)20-16(12)15(19-9-14(21)22)10-5-3-4-6-11(10)17/h3-8H,2,9H2,1H3. The van der Waals surface area contributed by atoms with E-state index in [0.29, 0.717) is 33.8 Å². The number of anilines is 1. The molecule has 2 aromatic rings. The molecule has 0 saturated heterocycles. The minimum atomic E-state index is -0.0741. The zero-order chi connectivity index (χ0) is 15.7. The van der Waals surface area contributed by atoms with Crippen LogP contribution in [-0.4, -0.2) is 29.7 Å². The number of aliphatic imine (C=N–C) groups is 1. The van der Waals surface area contributed by atoms with Crippen molar-refractivity contribution in [2.45, 2.75) is 6.92 Å². The second-order valence-electron chi connectivity index (χ2n) is 4.78. The van der Waals surface area contributed by atoms with E-state index < -0.39 is 0 Å². The van der Waals surface area contributed by atoms with Crippen LogP contribution in [0.25, 0.3) is 0 Å². The molecule has 0 atom stereocenters. The first-order chi connectivity index (χ1) is 10.6. The molecule has 1 aliphatic rings. The zero-order valence-corrected chi connectivity index (χ0v) is 13.4. The molecule has 1 aromatic carbocycles. The molecule has 2 heterocycles. The number of halogens is 2. The van der Waals surface area contributed by atoms with Crippen LogP contribution in [0.1, 0.15) is 18.2 Å². The lowest BCUT2D eigenvalue weighted by Gasteiger charge is -2.20. The summed E-state index contributed by atoms with van der Waals surface area (Å²) < 4.78 is 0. The first-order valence-corrected chi connectivity index (χ1v) is 7.64. The normalized spacial score (nSPS) is 14.4. The molecular weight excluding hydrogens is 321 g/mol. The lowest BCUT2D eigenvalue weighted by Crippen LogP contribution is -2.32. The summed E-state index contributed by atoms with van der Waals surface area (Å²) in [6.07, 6.45) is 0. The summed E-state index contributed by atoms with van der Waals surface area (Å²) in [4.78, 5) is 22.8. The van der Waals surface area contributed by atoms with Crippen molar-refractivity contribution in [1.82, 2.24) is 4.98 Å². The Morgan fingerprint density at radius 2 is 1.95 bits per heavy atom. The van der Waals surface area contributed by atoms with Crippen molar-refractivity contribution in [3.05, 3.63) is 57.8 Å². The van der Waals surface area contributed by atoms with Crippen molar-refractivity contribution in [1.29, 1.82) is 0 Å². The van der Waals surface area contributed by atoms with Gasteiger partial charge in [0.15, 0.2) is 0 Å². The van der Waals surface area contributed by atoms with Gasteiger partial charge in [0.05, 0.1) is 16.4 Å². The van der Waals surface area contributed by atoms with Crippen LogP contribution in [-0.2, 0) is 4.79 Å². The van der Waals surface area contributed by atoms with Crippen LogP contribution >= 0.6 is 23.2 Å². The highest BCUT2D eigenvalue weighted by atomic mass is 35.5. The third-order valence-corrected chi connectivity index (χ3v) is 4.01. The molecule has 1 aromatic heterocycles. The largest absolute Gasteiger partial charge is 0.309 e. The van der Waals surface area contributed by atoms with E-state index >= 15 is 0 Å². The summed E-state index contributed by atoms with van der Waals surface area (Å²) in [5, 5.41) is 0.912. The summed E-state index contributed by atoms with van der Waals surface area (Å²) in [6.45, 7) is 2.51. The Hall–Kier alpha value is -1.91. The van der Waals surface area contributed by atoms with Crippen LogP contribution in [0, 0.1) is 0 Å². The molecule has 0 aliphatic carbocycles. The number of hydrogen-bond acceptors (Lipinski definition) is 3. The van der Waals surface area contributed by atoms with Crippen LogP contribution in [0.4, 0.5) is 5.69 Å². The minimum Gasteiger partial charge on any atom is -0.309 e. The van der Waals surface area contributed by atoms with Gasteiger partial charge in [-0.15, -0.1) is 0 Å². The third kappa shape index (κ3) is 2.60. The van der Waals surface area contributed by atoms with E-state index in [2.05, 4.69) is 9.98 Å². The number of nitrogens with zero attached hydrogens (tertiary/aromatic N) is 3. The van der Waals surface area contributed by atoms with Crippen LogP contribution in [0.2, 0.25) is 10.2 Å². The van der Waals surface area contributed by atoms with Gasteiger partial charge in [-0.1, -0.05) is 41.4 Å². The van der Waals surface area contributed by atoms with Crippen LogP contribution in [0.15, 0.2) is 41.4 Å². The van der Waals surface area contributed by atoms with Gasteiger partial charge in [0.1, 0.15) is 17.4 Å². The van der Waals surface area contributed by atoms with Crippen LogP contribution in [0.3, 0.4) is 0 Å². The number of benzene rings is 1. The van der Waals surface area contributed by atoms with Crippen LogP contribution < -0.4 is 4.90 Å². The van der Waals surface area contributed by atoms with Crippen molar-refractivity contribution < 1.29 is 4.79 Å². The number of amides is 1. The molecule has 0 N–H and O–H groups in total. The summed E-state index contributed by atoms with van der Waals surface area (Å²) in [7, 11) is 0. The van der Waals surface area contributed by atoms with Crippen molar-refractivity contribution >= 4 is 40.5 Å². The lowest BCUT2D eigenvalue weighted by atomic mass is 10.1. The van der Waals surface area contributed by atoms with E-state index in [-0.39, 0.29) is 12.5 Å². The highest BCUT2D eigenvalue weighted by molar-refractivity contribution is 6.36. The molecule has 6 heteroatoms. The zero-order valence-electron chi connectivity index (χ0n) is 11.9. The smallest absolute Gasteiger partial charge is 0.248 e. The van der Waals surface area contributed by atoms with Gasteiger partial charge >= 0.3 is 0 Å². The lowest BCUT2D eigenvalue weighted by molar-refractivity contribution is -0.117. The number of aromatic nitrogens is 1. The molecule has 0 fully saturated rings. The first kappa shape index (κ1) is 15.0. The number of likely N-dealkylation sites (N-methyl/N-ethyl adjacent to an activating group) is 1. The maximum absolute atomic E-state index is 12.3. The van der Waals surface area contributed by atoms with E-state index in [9.17, 15) is 4.79 Å². The molecule has 0 bridgehead atoms. The number of rotatable bonds is 2. The predicted octanol–water partition coefficient (Wildman–Crippen LogP) is 3.59. The first-order valence-electron chi connectivity index (χ1n) is 6.88. The molecule has 22 heavy (non-hydrogen) atoms. The van der Waals surface area contributed by atoms with Gasteiger partial charge in [0.25, 0.3) is 0 Å². The van der Waals surface area contributed by atoms with Crippen molar-refractivity contribution in [2.75, 3.05) is 18.0 Å². The highest BCUT2D eigenvalue weighted by Crippen LogP contribution is 2.29. The fourth-order valence-electron chi connectivity index (χ4n) is 2.47. The predicted molar refractivity (Wildman–Crippen MR) is 89.2 cm³/mol. The van der Waals surface area contributed by atoms with Gasteiger partial charge in [-0.2, -0.15) is 0 Å². The Morgan fingerprint density at radius 1 is 1.18 bits per heavy atom. The number of hydrogen-bond donors (Lipinski definition) is 0. The third-order valence-electron chi connectivity index (χ3n) is 3.47. The highest BCUT2D eigenvalue weighted by Gasteiger charge is 2.26. The molecule has 1 amide bonds. The SMILES string of the molecule is CCN1C(=O)CN=C(c2ccccc2Cl)c2nc(Cl)ccc21.